The van der Waals surface area contributed by atoms with Gasteiger partial charge in [0.05, 0.1) is 11.5 Å². The van der Waals surface area contributed by atoms with Crippen LogP contribution >= 0.6 is 0 Å². The van der Waals surface area contributed by atoms with Crippen LogP contribution in [0.3, 0.4) is 0 Å². The van der Waals surface area contributed by atoms with E-state index in [0.717, 1.165) is 16.9 Å². The number of rotatable bonds is 7. The fourth-order valence-corrected chi connectivity index (χ4v) is 2.88. The third kappa shape index (κ3) is 4.84. The zero-order valence-corrected chi connectivity index (χ0v) is 16.4. The Hall–Kier alpha value is -2.89. The highest BCUT2D eigenvalue weighted by Crippen LogP contribution is 2.37. The van der Waals surface area contributed by atoms with Crippen LogP contribution < -0.4 is 10.1 Å². The maximum Gasteiger partial charge on any atom is 0.270 e. The van der Waals surface area contributed by atoms with Gasteiger partial charge in [-0.25, -0.2) is 0 Å². The van der Waals surface area contributed by atoms with Crippen LogP contribution in [0.1, 0.15) is 67.9 Å². The predicted octanol–water partition coefficient (Wildman–Crippen LogP) is 5.49. The molecule has 0 saturated heterocycles. The topological polar surface area (TPSA) is 81.5 Å². The van der Waals surface area contributed by atoms with E-state index in [1.165, 1.54) is 18.2 Å². The number of nitrogens with zero attached hydrogens (tertiary/aromatic N) is 1. The van der Waals surface area contributed by atoms with Crippen molar-refractivity contribution in [2.75, 3.05) is 11.9 Å². The summed E-state index contributed by atoms with van der Waals surface area (Å²) in [5.74, 6) is 0.931. The molecule has 6 nitrogen and oxygen atoms in total. The quantitative estimate of drug-likeness (QED) is 0.516. The minimum atomic E-state index is -0.513. The molecule has 0 unspecified atom stereocenters. The van der Waals surface area contributed by atoms with E-state index in [1.807, 2.05) is 19.1 Å². The van der Waals surface area contributed by atoms with Crippen LogP contribution in [0.4, 0.5) is 11.4 Å². The summed E-state index contributed by atoms with van der Waals surface area (Å²) >= 11 is 0. The van der Waals surface area contributed by atoms with Gasteiger partial charge in [-0.15, -0.1) is 0 Å². The summed E-state index contributed by atoms with van der Waals surface area (Å²) in [7, 11) is 0. The number of hydrogen-bond acceptors (Lipinski definition) is 4. The van der Waals surface area contributed by atoms with Gasteiger partial charge in [-0.1, -0.05) is 33.8 Å². The number of carbonyl (C=O) groups excluding carboxylic acids is 1. The Kier molecular flexibility index (Phi) is 6.55. The van der Waals surface area contributed by atoms with E-state index in [9.17, 15) is 14.9 Å². The summed E-state index contributed by atoms with van der Waals surface area (Å²) in [5, 5.41) is 13.8. The molecule has 0 radical (unpaired) electrons. The number of amides is 1. The van der Waals surface area contributed by atoms with Crippen molar-refractivity contribution in [3.05, 3.63) is 63.2 Å². The minimum Gasteiger partial charge on any atom is -0.493 e. The number of nitro groups is 1. The molecule has 0 atom stereocenters. The molecule has 1 N–H and O–H groups in total. The van der Waals surface area contributed by atoms with Crippen molar-refractivity contribution in [2.24, 2.45) is 0 Å². The van der Waals surface area contributed by atoms with Crippen LogP contribution in [0.5, 0.6) is 5.75 Å². The van der Waals surface area contributed by atoms with Crippen LogP contribution in [0.2, 0.25) is 0 Å². The molecule has 0 aliphatic heterocycles. The molecule has 0 spiro atoms. The van der Waals surface area contributed by atoms with Crippen molar-refractivity contribution >= 4 is 17.3 Å². The largest absolute Gasteiger partial charge is 0.493 e. The van der Waals surface area contributed by atoms with Crippen LogP contribution in [-0.4, -0.2) is 17.4 Å². The standard InChI is InChI=1S/C21H26N2O4/c1-6-27-20-18(13(2)3)11-16(12-19(20)14(4)5)22-21(24)15-8-7-9-17(10-15)23(25)26/h7-14H,6H2,1-5H3,(H,22,24). The minimum absolute atomic E-state index is 0.111. The number of anilines is 1. The average Bonchev–Trinajstić information content (AvgIpc) is 2.62. The van der Waals surface area contributed by atoms with E-state index in [0.29, 0.717) is 12.3 Å². The summed E-state index contributed by atoms with van der Waals surface area (Å²) in [4.78, 5) is 23.0. The first kappa shape index (κ1) is 20.4. The van der Waals surface area contributed by atoms with Gasteiger partial charge in [0.25, 0.3) is 11.6 Å². The zero-order chi connectivity index (χ0) is 20.1. The highest BCUT2D eigenvalue weighted by atomic mass is 16.6. The van der Waals surface area contributed by atoms with E-state index in [1.54, 1.807) is 6.07 Å². The van der Waals surface area contributed by atoms with E-state index >= 15 is 0 Å². The second-order valence-corrected chi connectivity index (χ2v) is 6.99. The lowest BCUT2D eigenvalue weighted by Gasteiger charge is -2.21. The molecule has 6 heteroatoms. The number of ether oxygens (including phenoxy) is 1. The van der Waals surface area contributed by atoms with E-state index in [2.05, 4.69) is 33.0 Å². The molecule has 0 fully saturated rings. The number of carbonyl (C=O) groups is 1. The molecule has 0 saturated carbocycles. The Morgan fingerprint density at radius 3 is 2.19 bits per heavy atom. The maximum atomic E-state index is 12.6. The van der Waals surface area contributed by atoms with Crippen molar-refractivity contribution in [1.29, 1.82) is 0 Å². The average molecular weight is 370 g/mol. The Balaban J connectivity index is 2.42. The predicted molar refractivity (Wildman–Crippen MR) is 107 cm³/mol. The lowest BCUT2D eigenvalue weighted by atomic mass is 9.93. The molecule has 2 rings (SSSR count). The van der Waals surface area contributed by atoms with Crippen molar-refractivity contribution in [1.82, 2.24) is 0 Å². The second kappa shape index (κ2) is 8.66. The van der Waals surface area contributed by atoms with Crippen molar-refractivity contribution < 1.29 is 14.5 Å². The summed E-state index contributed by atoms with van der Waals surface area (Å²) in [5.41, 5.74) is 2.84. The number of hydrogen-bond donors (Lipinski definition) is 1. The van der Waals surface area contributed by atoms with Gasteiger partial charge >= 0.3 is 0 Å². The van der Waals surface area contributed by atoms with Gasteiger partial charge in [-0.3, -0.25) is 14.9 Å². The monoisotopic (exact) mass is 370 g/mol. The number of benzene rings is 2. The molecular formula is C21H26N2O4. The van der Waals surface area contributed by atoms with Crippen molar-refractivity contribution in [3.8, 4) is 5.75 Å². The van der Waals surface area contributed by atoms with Gasteiger partial charge < -0.3 is 10.1 Å². The van der Waals surface area contributed by atoms with Gasteiger partial charge in [-0.2, -0.15) is 0 Å². The van der Waals surface area contributed by atoms with Gasteiger partial charge in [0.15, 0.2) is 0 Å². The molecule has 1 amide bonds. The molecule has 2 aromatic rings. The maximum absolute atomic E-state index is 12.6. The third-order valence-corrected chi connectivity index (χ3v) is 4.26. The van der Waals surface area contributed by atoms with Crippen LogP contribution in [0.25, 0.3) is 0 Å². The molecule has 0 heterocycles. The Morgan fingerprint density at radius 1 is 1.11 bits per heavy atom. The molecule has 2 aromatic carbocycles. The molecule has 0 aromatic heterocycles. The first-order chi connectivity index (χ1) is 12.7. The number of non-ortho nitro benzene ring substituents is 1. The Morgan fingerprint density at radius 2 is 1.70 bits per heavy atom. The summed E-state index contributed by atoms with van der Waals surface area (Å²) in [6.45, 7) is 10.8. The van der Waals surface area contributed by atoms with Crippen LogP contribution in [0, 0.1) is 10.1 Å². The molecule has 0 bridgehead atoms. The number of nitro benzene ring substituents is 1. The van der Waals surface area contributed by atoms with Crippen molar-refractivity contribution in [2.45, 2.75) is 46.5 Å². The Labute approximate surface area is 159 Å². The summed E-state index contributed by atoms with van der Waals surface area (Å²) in [6, 6.07) is 9.53. The zero-order valence-electron chi connectivity index (χ0n) is 16.4. The molecule has 0 aliphatic carbocycles. The van der Waals surface area contributed by atoms with Crippen LogP contribution in [-0.2, 0) is 0 Å². The first-order valence-electron chi connectivity index (χ1n) is 9.11. The third-order valence-electron chi connectivity index (χ3n) is 4.26. The van der Waals surface area contributed by atoms with Crippen LogP contribution in [0.15, 0.2) is 36.4 Å². The van der Waals surface area contributed by atoms with Gasteiger partial charge in [0.2, 0.25) is 0 Å². The highest BCUT2D eigenvalue weighted by molar-refractivity contribution is 6.04. The lowest BCUT2D eigenvalue weighted by molar-refractivity contribution is -0.384. The first-order valence-corrected chi connectivity index (χ1v) is 9.11. The lowest BCUT2D eigenvalue weighted by Crippen LogP contribution is -2.13. The van der Waals surface area contributed by atoms with Gasteiger partial charge in [0.1, 0.15) is 5.75 Å². The second-order valence-electron chi connectivity index (χ2n) is 6.99. The van der Waals surface area contributed by atoms with Crippen molar-refractivity contribution in [3.63, 3.8) is 0 Å². The highest BCUT2D eigenvalue weighted by Gasteiger charge is 2.19. The molecular weight excluding hydrogens is 344 g/mol. The fraction of sp³-hybridized carbons (Fsp3) is 0.381. The van der Waals surface area contributed by atoms with Gasteiger partial charge in [-0.05, 0) is 48.1 Å². The molecule has 0 aliphatic rings. The number of nitrogens with one attached hydrogen (secondary N) is 1. The normalized spacial score (nSPS) is 10.9. The molecule has 144 valence electrons. The smallest absolute Gasteiger partial charge is 0.270 e. The Bertz CT molecular complexity index is 815. The van der Waals surface area contributed by atoms with E-state index in [4.69, 9.17) is 4.74 Å². The summed E-state index contributed by atoms with van der Waals surface area (Å²) in [6.07, 6.45) is 0. The van der Waals surface area contributed by atoms with E-state index < -0.39 is 4.92 Å². The van der Waals surface area contributed by atoms with Gasteiger partial charge in [0, 0.05) is 23.4 Å². The van der Waals surface area contributed by atoms with E-state index in [-0.39, 0.29) is 29.0 Å². The molecule has 27 heavy (non-hydrogen) atoms. The SMILES string of the molecule is CCOc1c(C(C)C)cc(NC(=O)c2cccc([N+](=O)[O-])c2)cc1C(C)C. The summed E-state index contributed by atoms with van der Waals surface area (Å²) < 4.78 is 5.89. The fourth-order valence-electron chi connectivity index (χ4n) is 2.88.